The fourth-order valence-electron chi connectivity index (χ4n) is 0.523. The summed E-state index contributed by atoms with van der Waals surface area (Å²) >= 11 is 2.22. The minimum Gasteiger partial charge on any atom is -0.186 e. The Hall–Kier alpha value is 0.784. The molecule has 0 fully saturated rings. The van der Waals surface area contributed by atoms with E-state index in [0.29, 0.717) is 0 Å². The van der Waals surface area contributed by atoms with Crippen molar-refractivity contribution < 1.29 is 0 Å². The lowest BCUT2D eigenvalue weighted by molar-refractivity contribution is 1.10. The molecule has 0 nitrogen and oxygen atoms in total. The highest BCUT2D eigenvalue weighted by Gasteiger charge is 2.11. The van der Waals surface area contributed by atoms with Gasteiger partial charge >= 0.3 is 0 Å². The second kappa shape index (κ2) is 4.58. The van der Waals surface area contributed by atoms with Gasteiger partial charge in [-0.2, -0.15) is 11.2 Å². The second-order valence-corrected chi connectivity index (χ2v) is 13.8. The molecular weight excluding hydrogens is 160 g/mol. The van der Waals surface area contributed by atoms with E-state index in [2.05, 4.69) is 30.9 Å². The van der Waals surface area contributed by atoms with Crippen LogP contribution < -0.4 is 0 Å². The average molecular weight is 178 g/mol. The fraction of sp³-hybridized carbons (Fsp3) is 1.00. The average Bonchev–Trinajstić information content (AvgIpc) is 1.63. The summed E-state index contributed by atoms with van der Waals surface area (Å²) in [6.07, 6.45) is 1.46. The van der Waals surface area contributed by atoms with Gasteiger partial charge in [0, 0.05) is 10.2 Å². The van der Waals surface area contributed by atoms with Gasteiger partial charge in [-0.05, 0) is 12.2 Å². The lowest BCUT2D eigenvalue weighted by Crippen LogP contribution is -2.14. The van der Waals surface area contributed by atoms with Gasteiger partial charge < -0.3 is 0 Å². The number of rotatable bonds is 4. The summed E-state index contributed by atoms with van der Waals surface area (Å²) in [7, 11) is 0.630. The van der Waals surface area contributed by atoms with Gasteiger partial charge in [0.1, 0.15) is 7.22 Å². The Kier molecular flexibility index (Phi) is 4.97. The number of hydrogen-bond acceptors (Lipinski definition) is 1. The Labute approximate surface area is 66.9 Å². The maximum Gasteiger partial charge on any atom is 0.108 e. The SMILES string of the molecule is C[Si](C)(C)SCCC[SiH3]. The van der Waals surface area contributed by atoms with E-state index in [1.165, 1.54) is 28.5 Å². The van der Waals surface area contributed by atoms with Crippen LogP contribution in [0.4, 0.5) is 0 Å². The standard InChI is InChI=1S/C6H18SSi2/c1-9(2,3)7-5-4-6-8/h4-6H2,1-3,8H3. The smallest absolute Gasteiger partial charge is 0.108 e. The van der Waals surface area contributed by atoms with Crippen LogP contribution in [0.3, 0.4) is 0 Å². The molecule has 0 radical (unpaired) electrons. The van der Waals surface area contributed by atoms with Gasteiger partial charge in [0.25, 0.3) is 0 Å². The zero-order valence-corrected chi connectivity index (χ0v) is 10.8. The highest BCUT2D eigenvalue weighted by Crippen LogP contribution is 2.19. The molecule has 3 heteroatoms. The van der Waals surface area contributed by atoms with Crippen LogP contribution in [-0.4, -0.2) is 23.2 Å². The molecule has 0 aromatic carbocycles. The second-order valence-electron chi connectivity index (χ2n) is 3.31. The predicted octanol–water partition coefficient (Wildman–Crippen LogP) is 1.73. The van der Waals surface area contributed by atoms with Crippen molar-refractivity contribution in [2.45, 2.75) is 32.1 Å². The molecule has 0 atom stereocenters. The Morgan fingerprint density at radius 2 is 1.89 bits per heavy atom. The van der Waals surface area contributed by atoms with Crippen molar-refractivity contribution in [1.29, 1.82) is 0 Å². The van der Waals surface area contributed by atoms with Crippen molar-refractivity contribution in [3.8, 4) is 0 Å². The molecular formula is C6H18SSi2. The Morgan fingerprint density at radius 1 is 1.33 bits per heavy atom. The summed E-state index contributed by atoms with van der Waals surface area (Å²) in [5.41, 5.74) is 0. The van der Waals surface area contributed by atoms with Crippen LogP contribution in [-0.2, 0) is 0 Å². The van der Waals surface area contributed by atoms with E-state index in [4.69, 9.17) is 0 Å². The van der Waals surface area contributed by atoms with Gasteiger partial charge in [-0.15, -0.1) is 0 Å². The van der Waals surface area contributed by atoms with E-state index in [-0.39, 0.29) is 0 Å². The van der Waals surface area contributed by atoms with Gasteiger partial charge in [-0.1, -0.05) is 25.7 Å². The van der Waals surface area contributed by atoms with Crippen LogP contribution in [0.5, 0.6) is 0 Å². The lowest BCUT2D eigenvalue weighted by Gasteiger charge is -2.13. The largest absolute Gasteiger partial charge is 0.186 e. The molecule has 0 unspecified atom stereocenters. The van der Waals surface area contributed by atoms with Crippen molar-refractivity contribution in [2.75, 3.05) is 5.75 Å². The zero-order chi connectivity index (χ0) is 7.33. The summed E-state index contributed by atoms with van der Waals surface area (Å²) < 4.78 is 0. The first-order valence-electron chi connectivity index (χ1n) is 3.70. The molecule has 9 heavy (non-hydrogen) atoms. The van der Waals surface area contributed by atoms with E-state index >= 15 is 0 Å². The molecule has 0 aromatic heterocycles. The molecule has 0 aliphatic heterocycles. The molecule has 0 bridgehead atoms. The van der Waals surface area contributed by atoms with Crippen LogP contribution in [0.25, 0.3) is 0 Å². The molecule has 0 heterocycles. The quantitative estimate of drug-likeness (QED) is 0.467. The Morgan fingerprint density at radius 3 is 2.22 bits per heavy atom. The van der Waals surface area contributed by atoms with Crippen molar-refractivity contribution >= 4 is 28.7 Å². The fourth-order valence-corrected chi connectivity index (χ4v) is 4.70. The third-order valence-electron chi connectivity index (χ3n) is 1.03. The van der Waals surface area contributed by atoms with Gasteiger partial charge in [0.15, 0.2) is 0 Å². The third kappa shape index (κ3) is 8.78. The van der Waals surface area contributed by atoms with Crippen molar-refractivity contribution in [1.82, 2.24) is 0 Å². The topological polar surface area (TPSA) is 0 Å². The predicted molar refractivity (Wildman–Crippen MR) is 55.2 cm³/mol. The molecule has 0 saturated heterocycles. The van der Waals surface area contributed by atoms with E-state index < -0.39 is 7.22 Å². The van der Waals surface area contributed by atoms with Gasteiger partial charge in [-0.3, -0.25) is 0 Å². The van der Waals surface area contributed by atoms with Gasteiger partial charge in [0.05, 0.1) is 0 Å². The summed E-state index contributed by atoms with van der Waals surface area (Å²) in [5.74, 6) is 1.42. The summed E-state index contributed by atoms with van der Waals surface area (Å²) in [4.78, 5) is 0. The highest BCUT2D eigenvalue weighted by atomic mass is 32.4. The third-order valence-corrected chi connectivity index (χ3v) is 6.31. The first-order chi connectivity index (χ1) is 4.06. The first kappa shape index (κ1) is 9.78. The lowest BCUT2D eigenvalue weighted by atomic mass is 10.6. The maximum atomic E-state index is 2.42. The normalized spacial score (nSPS) is 12.3. The van der Waals surface area contributed by atoms with Gasteiger partial charge in [0.2, 0.25) is 0 Å². The van der Waals surface area contributed by atoms with Crippen LogP contribution in [0.15, 0.2) is 0 Å². The molecule has 0 aliphatic rings. The molecule has 0 aromatic rings. The Balaban J connectivity index is 3.07. The van der Waals surface area contributed by atoms with Crippen LogP contribution in [0.2, 0.25) is 25.7 Å². The Bertz CT molecular complexity index is 67.9. The molecule has 0 saturated carbocycles. The monoisotopic (exact) mass is 178 g/mol. The summed E-state index contributed by atoms with van der Waals surface area (Å²) in [6, 6.07) is 1.48. The molecule has 0 rings (SSSR count). The number of hydrogen-bond donors (Lipinski definition) is 0. The van der Waals surface area contributed by atoms with E-state index in [0.717, 1.165) is 0 Å². The van der Waals surface area contributed by atoms with Crippen molar-refractivity contribution in [2.24, 2.45) is 0 Å². The van der Waals surface area contributed by atoms with Crippen LogP contribution in [0, 0.1) is 0 Å². The molecule has 0 amide bonds. The summed E-state index contributed by atoms with van der Waals surface area (Å²) in [6.45, 7) is 7.26. The van der Waals surface area contributed by atoms with Crippen molar-refractivity contribution in [3.05, 3.63) is 0 Å². The summed E-state index contributed by atoms with van der Waals surface area (Å²) in [5, 5.41) is 0. The van der Waals surface area contributed by atoms with Gasteiger partial charge in [-0.25, -0.2) is 0 Å². The highest BCUT2D eigenvalue weighted by molar-refractivity contribution is 8.28. The minimum atomic E-state index is -0.762. The van der Waals surface area contributed by atoms with E-state index in [9.17, 15) is 0 Å². The molecule has 56 valence electrons. The minimum absolute atomic E-state index is 0.762. The van der Waals surface area contributed by atoms with Crippen molar-refractivity contribution in [3.63, 3.8) is 0 Å². The first-order valence-corrected chi connectivity index (χ1v) is 10.3. The molecule has 0 spiro atoms. The van der Waals surface area contributed by atoms with Crippen LogP contribution in [0.1, 0.15) is 6.42 Å². The maximum absolute atomic E-state index is 2.42. The van der Waals surface area contributed by atoms with E-state index in [1.807, 2.05) is 0 Å². The zero-order valence-electron chi connectivity index (χ0n) is 7.03. The van der Waals surface area contributed by atoms with Crippen LogP contribution >= 0.6 is 11.2 Å². The van der Waals surface area contributed by atoms with E-state index in [1.54, 1.807) is 0 Å². The molecule has 0 N–H and O–H groups in total. The molecule has 0 aliphatic carbocycles.